The van der Waals surface area contributed by atoms with Gasteiger partial charge in [0.25, 0.3) is 0 Å². The number of ether oxygens (including phenoxy) is 1. The molecule has 0 aromatic heterocycles. The van der Waals surface area contributed by atoms with Gasteiger partial charge in [0.2, 0.25) is 0 Å². The highest BCUT2D eigenvalue weighted by molar-refractivity contribution is 5.26. The zero-order valence-electron chi connectivity index (χ0n) is 11.7. The maximum atomic E-state index is 6.29. The molecule has 1 aromatic carbocycles. The van der Waals surface area contributed by atoms with E-state index in [0.29, 0.717) is 12.0 Å². The second-order valence-electron chi connectivity index (χ2n) is 5.93. The molecule has 1 aliphatic rings. The highest BCUT2D eigenvalue weighted by Crippen LogP contribution is 2.28. The lowest BCUT2D eigenvalue weighted by Crippen LogP contribution is -2.26. The van der Waals surface area contributed by atoms with Gasteiger partial charge in [0, 0.05) is 0 Å². The predicted octanol–water partition coefficient (Wildman–Crippen LogP) is 3.45. The molecule has 0 aliphatic carbocycles. The summed E-state index contributed by atoms with van der Waals surface area (Å²) in [4.78, 5) is 0. The third-order valence-corrected chi connectivity index (χ3v) is 3.67. The van der Waals surface area contributed by atoms with Crippen LogP contribution in [-0.2, 0) is 11.2 Å². The van der Waals surface area contributed by atoms with E-state index >= 15 is 0 Å². The van der Waals surface area contributed by atoms with E-state index in [1.54, 1.807) is 0 Å². The van der Waals surface area contributed by atoms with Gasteiger partial charge in [-0.2, -0.15) is 0 Å². The van der Waals surface area contributed by atoms with Crippen LogP contribution in [-0.4, -0.2) is 12.2 Å². The van der Waals surface area contributed by atoms with E-state index in [4.69, 9.17) is 10.5 Å². The second-order valence-corrected chi connectivity index (χ2v) is 5.93. The summed E-state index contributed by atoms with van der Waals surface area (Å²) in [6.07, 6.45) is 3.89. The smallest absolute Gasteiger partial charge is 0.0772 e. The van der Waals surface area contributed by atoms with Crippen molar-refractivity contribution in [3.8, 4) is 0 Å². The summed E-state index contributed by atoms with van der Waals surface area (Å²) in [5.74, 6) is 0.698. The molecule has 0 radical (unpaired) electrons. The standard InChI is InChI=1S/C16H25NO/c1-11(2)10-13-5-7-14(8-6-13)16(17)15-9-4-12(3)18-15/h5-8,11-12,15-16H,4,9-10,17H2,1-3H3. The van der Waals surface area contributed by atoms with Gasteiger partial charge < -0.3 is 10.5 Å². The molecule has 2 heteroatoms. The normalized spacial score (nSPS) is 25.6. The predicted molar refractivity (Wildman–Crippen MR) is 75.5 cm³/mol. The van der Waals surface area contributed by atoms with Crippen LogP contribution in [0.3, 0.4) is 0 Å². The van der Waals surface area contributed by atoms with E-state index in [-0.39, 0.29) is 12.1 Å². The van der Waals surface area contributed by atoms with Crippen LogP contribution in [0, 0.1) is 5.92 Å². The van der Waals surface area contributed by atoms with Crippen molar-refractivity contribution in [2.75, 3.05) is 0 Å². The van der Waals surface area contributed by atoms with E-state index < -0.39 is 0 Å². The third-order valence-electron chi connectivity index (χ3n) is 3.67. The summed E-state index contributed by atoms with van der Waals surface area (Å²) in [7, 11) is 0. The van der Waals surface area contributed by atoms with E-state index in [1.165, 1.54) is 11.1 Å². The molecule has 100 valence electrons. The zero-order valence-corrected chi connectivity index (χ0v) is 11.7. The third kappa shape index (κ3) is 3.33. The molecular weight excluding hydrogens is 222 g/mol. The van der Waals surface area contributed by atoms with E-state index in [1.807, 2.05) is 0 Å². The van der Waals surface area contributed by atoms with Crippen molar-refractivity contribution in [1.29, 1.82) is 0 Å². The van der Waals surface area contributed by atoms with Crippen molar-refractivity contribution in [2.45, 2.75) is 58.3 Å². The van der Waals surface area contributed by atoms with Crippen LogP contribution in [0.2, 0.25) is 0 Å². The quantitative estimate of drug-likeness (QED) is 0.884. The summed E-state index contributed by atoms with van der Waals surface area (Å²) >= 11 is 0. The van der Waals surface area contributed by atoms with Gasteiger partial charge in [-0.3, -0.25) is 0 Å². The minimum absolute atomic E-state index is 0.0167. The van der Waals surface area contributed by atoms with Gasteiger partial charge in [-0.1, -0.05) is 38.1 Å². The number of hydrogen-bond acceptors (Lipinski definition) is 2. The molecule has 1 aliphatic heterocycles. The summed E-state index contributed by atoms with van der Waals surface area (Å²) < 4.78 is 5.85. The highest BCUT2D eigenvalue weighted by atomic mass is 16.5. The maximum Gasteiger partial charge on any atom is 0.0772 e. The van der Waals surface area contributed by atoms with Crippen LogP contribution in [0.1, 0.15) is 50.8 Å². The number of nitrogens with two attached hydrogens (primary N) is 1. The van der Waals surface area contributed by atoms with Crippen molar-refractivity contribution in [3.05, 3.63) is 35.4 Å². The first-order valence-corrected chi connectivity index (χ1v) is 7.06. The average molecular weight is 247 g/mol. The van der Waals surface area contributed by atoms with Crippen LogP contribution in [0.15, 0.2) is 24.3 Å². The molecule has 0 bridgehead atoms. The molecule has 2 nitrogen and oxygen atoms in total. The lowest BCUT2D eigenvalue weighted by molar-refractivity contribution is 0.0401. The van der Waals surface area contributed by atoms with E-state index in [0.717, 1.165) is 19.3 Å². The highest BCUT2D eigenvalue weighted by Gasteiger charge is 2.28. The molecule has 0 saturated carbocycles. The Morgan fingerprint density at radius 2 is 1.89 bits per heavy atom. The van der Waals surface area contributed by atoms with Gasteiger partial charge in [0.1, 0.15) is 0 Å². The minimum atomic E-state index is 0.0167. The van der Waals surface area contributed by atoms with Crippen molar-refractivity contribution in [2.24, 2.45) is 11.7 Å². The average Bonchev–Trinajstić information content (AvgIpc) is 2.75. The Bertz CT molecular complexity index is 371. The van der Waals surface area contributed by atoms with Gasteiger partial charge >= 0.3 is 0 Å². The Morgan fingerprint density at radius 1 is 1.22 bits per heavy atom. The molecular formula is C16H25NO. The Balaban J connectivity index is 2.00. The first-order valence-electron chi connectivity index (χ1n) is 7.06. The van der Waals surface area contributed by atoms with Crippen LogP contribution >= 0.6 is 0 Å². The number of rotatable bonds is 4. The number of benzene rings is 1. The fourth-order valence-corrected chi connectivity index (χ4v) is 2.66. The number of hydrogen-bond donors (Lipinski definition) is 1. The molecule has 0 spiro atoms. The fraction of sp³-hybridized carbons (Fsp3) is 0.625. The Kier molecular flexibility index (Phi) is 4.41. The van der Waals surface area contributed by atoms with Gasteiger partial charge in [0.05, 0.1) is 18.2 Å². The summed E-state index contributed by atoms with van der Waals surface area (Å²) in [6.45, 7) is 6.61. The molecule has 2 rings (SSSR count). The molecule has 2 N–H and O–H groups in total. The van der Waals surface area contributed by atoms with Crippen molar-refractivity contribution in [1.82, 2.24) is 0 Å². The molecule has 18 heavy (non-hydrogen) atoms. The van der Waals surface area contributed by atoms with Crippen LogP contribution in [0.25, 0.3) is 0 Å². The van der Waals surface area contributed by atoms with Crippen LogP contribution < -0.4 is 5.73 Å². The van der Waals surface area contributed by atoms with Gasteiger partial charge in [-0.25, -0.2) is 0 Å². The topological polar surface area (TPSA) is 35.2 Å². The second kappa shape index (κ2) is 5.85. The van der Waals surface area contributed by atoms with Crippen LogP contribution in [0.4, 0.5) is 0 Å². The lowest BCUT2D eigenvalue weighted by atomic mass is 9.96. The minimum Gasteiger partial charge on any atom is -0.373 e. The Hall–Kier alpha value is -0.860. The van der Waals surface area contributed by atoms with Gasteiger partial charge in [-0.15, -0.1) is 0 Å². The SMILES string of the molecule is CC(C)Cc1ccc(C(N)C2CCC(C)O2)cc1. The van der Waals surface area contributed by atoms with E-state index in [2.05, 4.69) is 45.0 Å². The van der Waals surface area contributed by atoms with Crippen LogP contribution in [0.5, 0.6) is 0 Å². The first kappa shape index (κ1) is 13.6. The summed E-state index contributed by atoms with van der Waals surface area (Å²) in [5, 5.41) is 0. The monoisotopic (exact) mass is 247 g/mol. The Morgan fingerprint density at radius 3 is 2.39 bits per heavy atom. The lowest BCUT2D eigenvalue weighted by Gasteiger charge is -2.20. The van der Waals surface area contributed by atoms with Crippen molar-refractivity contribution >= 4 is 0 Å². The molecule has 1 saturated heterocycles. The molecule has 3 unspecified atom stereocenters. The van der Waals surface area contributed by atoms with Crippen molar-refractivity contribution < 1.29 is 4.74 Å². The summed E-state index contributed by atoms with van der Waals surface area (Å²) in [6, 6.07) is 8.74. The molecule has 0 amide bonds. The molecule has 1 aromatic rings. The largest absolute Gasteiger partial charge is 0.373 e. The van der Waals surface area contributed by atoms with Crippen molar-refractivity contribution in [3.63, 3.8) is 0 Å². The zero-order chi connectivity index (χ0) is 13.1. The summed E-state index contributed by atoms with van der Waals surface area (Å²) in [5.41, 5.74) is 8.88. The van der Waals surface area contributed by atoms with E-state index in [9.17, 15) is 0 Å². The first-order chi connectivity index (χ1) is 8.56. The Labute approximate surface area is 111 Å². The molecule has 1 fully saturated rings. The fourth-order valence-electron chi connectivity index (χ4n) is 2.66. The molecule has 1 heterocycles. The van der Waals surface area contributed by atoms with Gasteiger partial charge in [-0.05, 0) is 43.2 Å². The molecule has 3 atom stereocenters. The maximum absolute atomic E-state index is 6.29. The van der Waals surface area contributed by atoms with Gasteiger partial charge in [0.15, 0.2) is 0 Å².